The van der Waals surface area contributed by atoms with Crippen molar-refractivity contribution in [3.63, 3.8) is 0 Å². The Morgan fingerprint density at radius 3 is 2.76 bits per heavy atom. The molecular formula is C22H25FN2O4. The third-order valence-electron chi connectivity index (χ3n) is 4.76. The zero-order chi connectivity index (χ0) is 20.6. The van der Waals surface area contributed by atoms with Crippen molar-refractivity contribution < 1.29 is 23.1 Å². The minimum absolute atomic E-state index is 0.0271. The molecular weight excluding hydrogens is 375 g/mol. The molecule has 2 amide bonds. The number of halogens is 1. The van der Waals surface area contributed by atoms with Crippen LogP contribution in [0.1, 0.15) is 29.0 Å². The van der Waals surface area contributed by atoms with Gasteiger partial charge in [-0.1, -0.05) is 12.1 Å². The SMILES string of the molecule is C=CCN(CC(=O)N(Cc1ccco1)C[C@H]1CCCO1)C(=O)c1cccc(F)c1. The standard InChI is InChI=1S/C22H25FN2O4/c1-2-10-24(22(27)17-6-3-7-18(23)13-17)16-21(26)25(14-19-8-4-11-28-19)15-20-9-5-12-29-20/h2-4,6-8,11,13,20H,1,5,9-10,12,14-16H2/t20-/m1/s1. The van der Waals surface area contributed by atoms with E-state index in [0.29, 0.717) is 25.5 Å². The molecule has 2 aromatic rings. The van der Waals surface area contributed by atoms with Crippen LogP contribution in [0, 0.1) is 5.82 Å². The number of amides is 2. The maximum Gasteiger partial charge on any atom is 0.254 e. The van der Waals surface area contributed by atoms with Crippen LogP contribution in [-0.4, -0.2) is 54.0 Å². The summed E-state index contributed by atoms with van der Waals surface area (Å²) in [4.78, 5) is 28.9. The fourth-order valence-electron chi connectivity index (χ4n) is 3.32. The Morgan fingerprint density at radius 2 is 2.10 bits per heavy atom. The molecule has 1 atom stereocenters. The highest BCUT2D eigenvalue weighted by Gasteiger charge is 2.26. The molecule has 0 spiro atoms. The van der Waals surface area contributed by atoms with Crippen LogP contribution in [0.15, 0.2) is 59.7 Å². The highest BCUT2D eigenvalue weighted by molar-refractivity contribution is 5.96. The number of carbonyl (C=O) groups is 2. The van der Waals surface area contributed by atoms with Crippen molar-refractivity contribution in [3.05, 3.63) is 72.5 Å². The van der Waals surface area contributed by atoms with Crippen LogP contribution in [0.3, 0.4) is 0 Å². The average Bonchev–Trinajstić information content (AvgIpc) is 3.41. The Bertz CT molecular complexity index is 831. The summed E-state index contributed by atoms with van der Waals surface area (Å²) in [7, 11) is 0. The minimum Gasteiger partial charge on any atom is -0.467 e. The third kappa shape index (κ3) is 5.77. The van der Waals surface area contributed by atoms with Crippen molar-refractivity contribution in [1.82, 2.24) is 9.80 Å². The molecule has 0 saturated carbocycles. The Balaban J connectivity index is 1.73. The maximum atomic E-state index is 13.5. The van der Waals surface area contributed by atoms with E-state index in [0.717, 1.165) is 18.9 Å². The van der Waals surface area contributed by atoms with Gasteiger partial charge in [0.05, 0.1) is 18.9 Å². The van der Waals surface area contributed by atoms with Crippen molar-refractivity contribution in [1.29, 1.82) is 0 Å². The van der Waals surface area contributed by atoms with Gasteiger partial charge >= 0.3 is 0 Å². The van der Waals surface area contributed by atoms with Gasteiger partial charge in [-0.15, -0.1) is 6.58 Å². The number of furan rings is 1. The number of hydrogen-bond acceptors (Lipinski definition) is 4. The minimum atomic E-state index is -0.501. The zero-order valence-corrected chi connectivity index (χ0v) is 16.3. The van der Waals surface area contributed by atoms with Gasteiger partial charge in [0.1, 0.15) is 18.1 Å². The van der Waals surface area contributed by atoms with Gasteiger partial charge in [0.15, 0.2) is 0 Å². The number of rotatable bonds is 9. The van der Waals surface area contributed by atoms with Crippen LogP contribution < -0.4 is 0 Å². The second-order valence-corrected chi connectivity index (χ2v) is 6.97. The normalized spacial score (nSPS) is 15.8. The van der Waals surface area contributed by atoms with E-state index in [4.69, 9.17) is 9.15 Å². The molecule has 1 aromatic heterocycles. The van der Waals surface area contributed by atoms with Gasteiger partial charge in [-0.25, -0.2) is 4.39 Å². The molecule has 7 heteroatoms. The summed E-state index contributed by atoms with van der Waals surface area (Å²) in [5.74, 6) is -0.502. The van der Waals surface area contributed by atoms with E-state index in [1.807, 2.05) is 0 Å². The van der Waals surface area contributed by atoms with Crippen LogP contribution in [-0.2, 0) is 16.1 Å². The summed E-state index contributed by atoms with van der Waals surface area (Å²) in [6.45, 7) is 5.10. The zero-order valence-electron chi connectivity index (χ0n) is 16.3. The number of carbonyl (C=O) groups excluding carboxylic acids is 2. The molecule has 0 radical (unpaired) electrons. The largest absolute Gasteiger partial charge is 0.467 e. The molecule has 2 heterocycles. The highest BCUT2D eigenvalue weighted by Crippen LogP contribution is 2.16. The fourth-order valence-corrected chi connectivity index (χ4v) is 3.32. The van der Waals surface area contributed by atoms with Crippen LogP contribution in [0.2, 0.25) is 0 Å². The second kappa shape index (κ2) is 10.0. The van der Waals surface area contributed by atoms with E-state index in [1.165, 1.54) is 23.1 Å². The molecule has 6 nitrogen and oxygen atoms in total. The predicted molar refractivity (Wildman–Crippen MR) is 106 cm³/mol. The maximum absolute atomic E-state index is 13.5. The van der Waals surface area contributed by atoms with Crippen LogP contribution >= 0.6 is 0 Å². The summed E-state index contributed by atoms with van der Waals surface area (Å²) in [6, 6.07) is 9.00. The van der Waals surface area contributed by atoms with Crippen LogP contribution in [0.5, 0.6) is 0 Å². The lowest BCUT2D eigenvalue weighted by atomic mass is 10.2. The Hall–Kier alpha value is -2.93. The lowest BCUT2D eigenvalue weighted by Crippen LogP contribution is -2.45. The van der Waals surface area contributed by atoms with Gasteiger partial charge in [0.2, 0.25) is 5.91 Å². The summed E-state index contributed by atoms with van der Waals surface area (Å²) >= 11 is 0. The molecule has 29 heavy (non-hydrogen) atoms. The van der Waals surface area contributed by atoms with Gasteiger partial charge < -0.3 is 19.0 Å². The molecule has 3 rings (SSSR count). The van der Waals surface area contributed by atoms with Gasteiger partial charge in [-0.05, 0) is 43.2 Å². The van der Waals surface area contributed by atoms with E-state index < -0.39 is 11.7 Å². The number of nitrogens with zero attached hydrogens (tertiary/aromatic N) is 2. The fraction of sp³-hybridized carbons (Fsp3) is 0.364. The van der Waals surface area contributed by atoms with E-state index in [2.05, 4.69) is 6.58 Å². The molecule has 0 aliphatic carbocycles. The predicted octanol–water partition coefficient (Wildman–Crippen LogP) is 3.25. The first-order valence-electron chi connectivity index (χ1n) is 9.64. The molecule has 1 aliphatic heterocycles. The van der Waals surface area contributed by atoms with Gasteiger partial charge in [0, 0.05) is 25.3 Å². The monoisotopic (exact) mass is 400 g/mol. The van der Waals surface area contributed by atoms with Crippen LogP contribution in [0.25, 0.3) is 0 Å². The summed E-state index contributed by atoms with van der Waals surface area (Å²) in [5.41, 5.74) is 0.191. The van der Waals surface area contributed by atoms with E-state index in [-0.39, 0.29) is 30.7 Å². The number of benzene rings is 1. The first-order chi connectivity index (χ1) is 14.1. The van der Waals surface area contributed by atoms with Crippen molar-refractivity contribution in [2.45, 2.75) is 25.5 Å². The third-order valence-corrected chi connectivity index (χ3v) is 4.76. The molecule has 1 aliphatic rings. The van der Waals surface area contributed by atoms with Crippen LogP contribution in [0.4, 0.5) is 4.39 Å². The number of ether oxygens (including phenoxy) is 1. The quantitative estimate of drug-likeness (QED) is 0.606. The average molecular weight is 400 g/mol. The topological polar surface area (TPSA) is 63.0 Å². The van der Waals surface area contributed by atoms with Crippen molar-refractivity contribution in [2.75, 3.05) is 26.2 Å². The smallest absolute Gasteiger partial charge is 0.254 e. The van der Waals surface area contributed by atoms with Crippen molar-refractivity contribution in [2.24, 2.45) is 0 Å². The van der Waals surface area contributed by atoms with Crippen molar-refractivity contribution in [3.8, 4) is 0 Å². The first-order valence-corrected chi connectivity index (χ1v) is 9.64. The first kappa shape index (κ1) is 20.8. The van der Waals surface area contributed by atoms with Gasteiger partial charge in [-0.2, -0.15) is 0 Å². The Labute approximate surface area is 169 Å². The lowest BCUT2D eigenvalue weighted by molar-refractivity contribution is -0.134. The molecule has 0 unspecified atom stereocenters. The highest BCUT2D eigenvalue weighted by atomic mass is 19.1. The molecule has 154 valence electrons. The second-order valence-electron chi connectivity index (χ2n) is 6.97. The lowest BCUT2D eigenvalue weighted by Gasteiger charge is -2.28. The molecule has 1 saturated heterocycles. The number of hydrogen-bond donors (Lipinski definition) is 0. The van der Waals surface area contributed by atoms with E-state index >= 15 is 0 Å². The molecule has 0 N–H and O–H groups in total. The van der Waals surface area contributed by atoms with Gasteiger partial charge in [0.25, 0.3) is 5.91 Å². The van der Waals surface area contributed by atoms with Gasteiger partial charge in [-0.3, -0.25) is 9.59 Å². The van der Waals surface area contributed by atoms with E-state index in [9.17, 15) is 14.0 Å². The Morgan fingerprint density at radius 1 is 1.24 bits per heavy atom. The molecule has 1 fully saturated rings. The molecule has 1 aromatic carbocycles. The van der Waals surface area contributed by atoms with E-state index in [1.54, 1.807) is 29.4 Å². The summed E-state index contributed by atoms with van der Waals surface area (Å²) in [6.07, 6.45) is 4.93. The Kier molecular flexibility index (Phi) is 7.19. The molecule has 0 bridgehead atoms. The summed E-state index contributed by atoms with van der Waals surface area (Å²) in [5, 5.41) is 0. The summed E-state index contributed by atoms with van der Waals surface area (Å²) < 4.78 is 24.6. The van der Waals surface area contributed by atoms with Crippen molar-refractivity contribution >= 4 is 11.8 Å².